The molecular formula is C82H150NO8P. The third kappa shape index (κ3) is 76.2. The molecule has 0 fully saturated rings. The zero-order valence-electron chi connectivity index (χ0n) is 61.2. The quantitative estimate of drug-likeness (QED) is 0.0195. The topological polar surface area (TPSA) is 111 Å². The van der Waals surface area contributed by atoms with Gasteiger partial charge in [-0.2, -0.15) is 0 Å². The van der Waals surface area contributed by atoms with Crippen LogP contribution in [0, 0.1) is 0 Å². The molecule has 0 amide bonds. The van der Waals surface area contributed by atoms with Gasteiger partial charge in [0.15, 0.2) is 6.10 Å². The van der Waals surface area contributed by atoms with Gasteiger partial charge in [-0.3, -0.25) is 14.2 Å². The maximum atomic E-state index is 12.9. The molecule has 0 aliphatic carbocycles. The van der Waals surface area contributed by atoms with Crippen LogP contribution in [0.2, 0.25) is 0 Å². The first kappa shape index (κ1) is 89.2. The lowest BCUT2D eigenvalue weighted by atomic mass is 10.0. The van der Waals surface area contributed by atoms with Crippen LogP contribution in [0.1, 0.15) is 373 Å². The highest BCUT2D eigenvalue weighted by molar-refractivity contribution is 7.45. The normalized spacial score (nSPS) is 13.5. The van der Waals surface area contributed by atoms with Crippen molar-refractivity contribution in [3.05, 3.63) is 85.1 Å². The number of esters is 2. The lowest BCUT2D eigenvalue weighted by Gasteiger charge is -2.28. The van der Waals surface area contributed by atoms with E-state index in [0.717, 1.165) is 77.0 Å². The molecule has 0 radical (unpaired) electrons. The highest BCUT2D eigenvalue weighted by Gasteiger charge is 2.22. The summed E-state index contributed by atoms with van der Waals surface area (Å²) < 4.78 is 34.4. The lowest BCUT2D eigenvalue weighted by molar-refractivity contribution is -0.870. The smallest absolute Gasteiger partial charge is 0.306 e. The van der Waals surface area contributed by atoms with Crippen LogP contribution in [0.25, 0.3) is 0 Å². The van der Waals surface area contributed by atoms with E-state index in [1.54, 1.807) is 0 Å². The van der Waals surface area contributed by atoms with Crippen LogP contribution >= 0.6 is 7.82 Å². The first-order chi connectivity index (χ1) is 45.0. The monoisotopic (exact) mass is 1310 g/mol. The zero-order valence-corrected chi connectivity index (χ0v) is 62.1. The average Bonchev–Trinajstić information content (AvgIpc) is 2.14. The number of quaternary nitrogens is 1. The van der Waals surface area contributed by atoms with Crippen LogP contribution in [0.3, 0.4) is 0 Å². The van der Waals surface area contributed by atoms with Gasteiger partial charge in [0.25, 0.3) is 7.82 Å². The summed E-state index contributed by atoms with van der Waals surface area (Å²) in [5.41, 5.74) is 0. The fraction of sp³-hybridized carbons (Fsp3) is 0.805. The van der Waals surface area contributed by atoms with Crippen molar-refractivity contribution < 1.29 is 42.1 Å². The summed E-state index contributed by atoms with van der Waals surface area (Å²) in [5.74, 6) is -0.817. The molecule has 0 heterocycles. The minimum absolute atomic E-state index is 0.0309. The van der Waals surface area contributed by atoms with Gasteiger partial charge in [0, 0.05) is 12.8 Å². The van der Waals surface area contributed by atoms with Crippen LogP contribution < -0.4 is 4.89 Å². The van der Waals surface area contributed by atoms with Gasteiger partial charge in [-0.1, -0.05) is 356 Å². The zero-order chi connectivity index (χ0) is 66.9. The van der Waals surface area contributed by atoms with E-state index in [1.807, 2.05) is 21.1 Å². The van der Waals surface area contributed by atoms with Crippen molar-refractivity contribution in [2.75, 3.05) is 47.5 Å². The lowest BCUT2D eigenvalue weighted by Crippen LogP contribution is -2.37. The van der Waals surface area contributed by atoms with Gasteiger partial charge in [0.1, 0.15) is 19.8 Å². The van der Waals surface area contributed by atoms with Crippen molar-refractivity contribution in [3.63, 3.8) is 0 Å². The number of rotatable bonds is 73. The second-order valence-electron chi connectivity index (χ2n) is 27.7. The minimum atomic E-state index is -4.65. The Bertz CT molecular complexity index is 1830. The number of likely N-dealkylation sites (N-methyl/N-ethyl adjacent to an activating group) is 1. The standard InChI is InChI=1S/C82H150NO8P/c1-6-8-10-12-14-16-18-20-22-24-26-28-30-32-34-36-38-39-40-41-42-43-45-46-48-50-52-54-56-58-60-62-64-66-68-70-72-74-81(84)88-78-80(79-90-92(86,87)89-77-76-83(3,4)5)91-82(85)75-73-71-69-67-65-63-61-59-57-55-53-51-49-47-44-37-35-33-31-29-27-25-23-21-19-17-15-13-11-9-7-2/h9,11,15,17-18,20-21,23-24,26-27,29,33,35,80H,6-8,10,12-14,16,19,22,25,28,30-32,34,36-79H2,1-5H3/b11-9-,17-15-,20-18-,23-21-,26-24-,29-27-,35-33-. The Morgan fingerprint density at radius 3 is 0.924 bits per heavy atom. The van der Waals surface area contributed by atoms with E-state index in [1.165, 1.54) is 263 Å². The summed E-state index contributed by atoms with van der Waals surface area (Å²) in [7, 11) is 1.18. The number of allylic oxidation sites excluding steroid dienone is 14. The number of ether oxygens (including phenoxy) is 2. The molecule has 0 spiro atoms. The molecule has 9 nitrogen and oxygen atoms in total. The fourth-order valence-corrected chi connectivity index (χ4v) is 12.2. The summed E-state index contributed by atoms with van der Waals surface area (Å²) in [6.07, 6.45) is 99.9. The summed E-state index contributed by atoms with van der Waals surface area (Å²) in [5, 5.41) is 0. The van der Waals surface area contributed by atoms with Crippen molar-refractivity contribution in [1.82, 2.24) is 0 Å². The van der Waals surface area contributed by atoms with Gasteiger partial charge in [0.05, 0.1) is 27.7 Å². The van der Waals surface area contributed by atoms with Crippen LogP contribution in [-0.4, -0.2) is 70.0 Å². The van der Waals surface area contributed by atoms with Gasteiger partial charge in [-0.15, -0.1) is 0 Å². The third-order valence-electron chi connectivity index (χ3n) is 17.4. The van der Waals surface area contributed by atoms with Crippen molar-refractivity contribution in [3.8, 4) is 0 Å². The molecule has 0 N–H and O–H groups in total. The van der Waals surface area contributed by atoms with Crippen molar-refractivity contribution in [2.45, 2.75) is 380 Å². The van der Waals surface area contributed by atoms with E-state index in [4.69, 9.17) is 18.5 Å². The summed E-state index contributed by atoms with van der Waals surface area (Å²) in [4.78, 5) is 38.2. The molecule has 0 saturated carbocycles. The van der Waals surface area contributed by atoms with E-state index in [0.29, 0.717) is 17.4 Å². The van der Waals surface area contributed by atoms with Gasteiger partial charge >= 0.3 is 11.9 Å². The Morgan fingerprint density at radius 1 is 0.348 bits per heavy atom. The van der Waals surface area contributed by atoms with E-state index < -0.39 is 26.5 Å². The number of phosphoric ester groups is 1. The van der Waals surface area contributed by atoms with Crippen LogP contribution in [0.4, 0.5) is 0 Å². The first-order valence-corrected chi connectivity index (χ1v) is 40.8. The molecule has 0 saturated heterocycles. The number of hydrogen-bond acceptors (Lipinski definition) is 8. The second-order valence-corrected chi connectivity index (χ2v) is 29.1. The summed E-state index contributed by atoms with van der Waals surface area (Å²) >= 11 is 0. The maximum absolute atomic E-state index is 12.9. The first-order valence-electron chi connectivity index (χ1n) is 39.3. The Balaban J connectivity index is 3.94. The Labute approximate surface area is 571 Å². The highest BCUT2D eigenvalue weighted by Crippen LogP contribution is 2.38. The number of carbonyl (C=O) groups excluding carboxylic acids is 2. The molecule has 0 aromatic carbocycles. The molecule has 536 valence electrons. The second kappa shape index (κ2) is 72.5. The van der Waals surface area contributed by atoms with Crippen LogP contribution in [-0.2, 0) is 32.7 Å². The van der Waals surface area contributed by atoms with Gasteiger partial charge in [-0.05, 0) is 89.9 Å². The molecule has 10 heteroatoms. The number of phosphoric acid groups is 1. The highest BCUT2D eigenvalue weighted by atomic mass is 31.2. The van der Waals surface area contributed by atoms with Gasteiger partial charge in [-0.25, -0.2) is 0 Å². The van der Waals surface area contributed by atoms with Crippen molar-refractivity contribution in [2.24, 2.45) is 0 Å². The van der Waals surface area contributed by atoms with Gasteiger partial charge in [0.2, 0.25) is 0 Å². The van der Waals surface area contributed by atoms with Gasteiger partial charge < -0.3 is 27.9 Å². The number of nitrogens with zero attached hydrogens (tertiary/aromatic N) is 1. The average molecular weight is 1310 g/mol. The molecule has 0 aliphatic heterocycles. The van der Waals surface area contributed by atoms with E-state index in [9.17, 15) is 19.0 Å². The Morgan fingerprint density at radius 2 is 0.620 bits per heavy atom. The minimum Gasteiger partial charge on any atom is -0.756 e. The molecule has 2 unspecified atom stereocenters. The molecular weight excluding hydrogens is 1160 g/mol. The van der Waals surface area contributed by atoms with Crippen molar-refractivity contribution >= 4 is 19.8 Å². The number of carbonyl (C=O) groups is 2. The predicted octanol–water partition coefficient (Wildman–Crippen LogP) is 25.4. The molecule has 0 aromatic rings. The fourth-order valence-electron chi connectivity index (χ4n) is 11.4. The van der Waals surface area contributed by atoms with Crippen molar-refractivity contribution in [1.29, 1.82) is 0 Å². The molecule has 2 atom stereocenters. The van der Waals surface area contributed by atoms with E-state index in [2.05, 4.69) is 98.9 Å². The molecule has 0 aromatic heterocycles. The summed E-state index contributed by atoms with van der Waals surface area (Å²) in [6.45, 7) is 4.17. The molecule has 92 heavy (non-hydrogen) atoms. The number of hydrogen-bond donors (Lipinski definition) is 0. The maximum Gasteiger partial charge on any atom is 0.306 e. The molecule has 0 aliphatic rings. The van der Waals surface area contributed by atoms with E-state index >= 15 is 0 Å². The van der Waals surface area contributed by atoms with Crippen LogP contribution in [0.15, 0.2) is 85.1 Å². The largest absolute Gasteiger partial charge is 0.756 e. The molecule has 0 rings (SSSR count). The predicted molar refractivity (Wildman–Crippen MR) is 397 cm³/mol. The SMILES string of the molecule is CC/C=C\C/C=C\C/C=C\C/C=C\C/C=C\CCCCCCCCCCCCCCCCCC(=O)OC(COC(=O)CCCCCCCCCCCCCCCCCCCCCCCCCCC/C=C\C/C=C\CCCCCCC)COP(=O)([O-])OCC[N+](C)(C)C. The molecule has 0 bridgehead atoms. The Kier molecular flexibility index (Phi) is 70.2. The van der Waals surface area contributed by atoms with E-state index in [-0.39, 0.29) is 32.0 Å². The number of unbranched alkanes of at least 4 members (excludes halogenated alkanes) is 45. The third-order valence-corrected chi connectivity index (χ3v) is 18.4. The van der Waals surface area contributed by atoms with Crippen LogP contribution in [0.5, 0.6) is 0 Å². The Hall–Kier alpha value is -2.81. The summed E-state index contributed by atoms with van der Waals surface area (Å²) in [6, 6.07) is 0.